The van der Waals surface area contributed by atoms with E-state index in [0.717, 1.165) is 5.56 Å². The number of hydrogen-bond donors (Lipinski definition) is 1. The third-order valence-electron chi connectivity index (χ3n) is 3.74. The van der Waals surface area contributed by atoms with Gasteiger partial charge in [0.15, 0.2) is 9.84 Å². The molecule has 0 aliphatic rings. The number of nitrogens with one attached hydrogen (secondary N) is 1. The Morgan fingerprint density at radius 2 is 1.73 bits per heavy atom. The smallest absolute Gasteiger partial charge is 0.322 e. The molecule has 0 aliphatic carbocycles. The van der Waals surface area contributed by atoms with Crippen LogP contribution in [-0.2, 0) is 16.3 Å². The van der Waals surface area contributed by atoms with Crippen LogP contribution in [0.5, 0.6) is 0 Å². The molecule has 1 amide bonds. The van der Waals surface area contributed by atoms with Crippen molar-refractivity contribution in [2.24, 2.45) is 0 Å². The standard InChI is InChI=1S/C18H17N3O4S/c1-2-26(23,24)15-10-8-14(9-11-15)17(22)19-18-21-20-16(25-18)12-13-6-4-3-5-7-13/h3-11H,2,12H2,1H3,(H,19,21,22). The van der Waals surface area contributed by atoms with E-state index in [1.165, 1.54) is 24.3 Å². The Balaban J connectivity index is 1.67. The van der Waals surface area contributed by atoms with Gasteiger partial charge in [0.2, 0.25) is 5.89 Å². The summed E-state index contributed by atoms with van der Waals surface area (Å²) in [5.74, 6) is -0.0682. The number of benzene rings is 2. The molecule has 0 radical (unpaired) electrons. The van der Waals surface area contributed by atoms with E-state index >= 15 is 0 Å². The van der Waals surface area contributed by atoms with E-state index in [1.807, 2.05) is 30.3 Å². The Morgan fingerprint density at radius 1 is 1.04 bits per heavy atom. The second-order valence-corrected chi connectivity index (χ2v) is 7.82. The Kier molecular flexibility index (Phi) is 5.13. The normalized spacial score (nSPS) is 11.3. The molecule has 0 aliphatic heterocycles. The first-order valence-corrected chi connectivity index (χ1v) is 9.63. The van der Waals surface area contributed by atoms with Gasteiger partial charge in [0.25, 0.3) is 5.91 Å². The number of rotatable bonds is 6. The van der Waals surface area contributed by atoms with Gasteiger partial charge in [0.05, 0.1) is 17.1 Å². The molecule has 0 atom stereocenters. The predicted octanol–water partition coefficient (Wildman–Crippen LogP) is 2.71. The van der Waals surface area contributed by atoms with Crippen molar-refractivity contribution in [1.29, 1.82) is 0 Å². The van der Waals surface area contributed by atoms with Gasteiger partial charge >= 0.3 is 6.01 Å². The summed E-state index contributed by atoms with van der Waals surface area (Å²) in [6.45, 7) is 1.57. The maximum Gasteiger partial charge on any atom is 0.322 e. The van der Waals surface area contributed by atoms with Gasteiger partial charge in [-0.3, -0.25) is 10.1 Å². The van der Waals surface area contributed by atoms with Crippen molar-refractivity contribution in [2.45, 2.75) is 18.2 Å². The molecule has 8 heteroatoms. The van der Waals surface area contributed by atoms with Gasteiger partial charge in [-0.1, -0.05) is 42.4 Å². The van der Waals surface area contributed by atoms with Crippen LogP contribution in [0.2, 0.25) is 0 Å². The molecule has 134 valence electrons. The summed E-state index contributed by atoms with van der Waals surface area (Å²) in [5, 5.41) is 10.2. The highest BCUT2D eigenvalue weighted by molar-refractivity contribution is 7.91. The van der Waals surface area contributed by atoms with Crippen LogP contribution in [0, 0.1) is 0 Å². The SMILES string of the molecule is CCS(=O)(=O)c1ccc(C(=O)Nc2nnc(Cc3ccccc3)o2)cc1. The molecule has 26 heavy (non-hydrogen) atoms. The van der Waals surface area contributed by atoms with Crippen LogP contribution in [-0.4, -0.2) is 30.3 Å². The fraction of sp³-hybridized carbons (Fsp3) is 0.167. The summed E-state index contributed by atoms with van der Waals surface area (Å²) in [6.07, 6.45) is 0.466. The van der Waals surface area contributed by atoms with Crippen molar-refractivity contribution in [3.8, 4) is 0 Å². The summed E-state index contributed by atoms with van der Waals surface area (Å²) < 4.78 is 29.0. The highest BCUT2D eigenvalue weighted by Gasteiger charge is 2.15. The topological polar surface area (TPSA) is 102 Å². The summed E-state index contributed by atoms with van der Waals surface area (Å²) in [6, 6.07) is 15.3. The fourth-order valence-electron chi connectivity index (χ4n) is 2.30. The van der Waals surface area contributed by atoms with Crippen LogP contribution in [0.15, 0.2) is 63.9 Å². The number of carbonyl (C=O) groups is 1. The highest BCUT2D eigenvalue weighted by atomic mass is 32.2. The van der Waals surface area contributed by atoms with Crippen molar-refractivity contribution in [2.75, 3.05) is 11.1 Å². The molecule has 3 aromatic rings. The van der Waals surface area contributed by atoms with Crippen LogP contribution in [0.25, 0.3) is 0 Å². The molecular formula is C18H17N3O4S. The van der Waals surface area contributed by atoms with E-state index in [4.69, 9.17) is 4.42 Å². The molecule has 3 rings (SSSR count). The van der Waals surface area contributed by atoms with Crippen molar-refractivity contribution in [3.05, 3.63) is 71.6 Å². The summed E-state index contributed by atoms with van der Waals surface area (Å²) in [4.78, 5) is 12.4. The molecular weight excluding hydrogens is 354 g/mol. The molecule has 0 saturated carbocycles. The average Bonchev–Trinajstić information content (AvgIpc) is 3.09. The molecule has 1 aromatic heterocycles. The lowest BCUT2D eigenvalue weighted by Gasteiger charge is -2.03. The van der Waals surface area contributed by atoms with Crippen LogP contribution in [0.3, 0.4) is 0 Å². The number of carbonyl (C=O) groups excluding carboxylic acids is 1. The zero-order valence-electron chi connectivity index (χ0n) is 14.0. The highest BCUT2D eigenvalue weighted by Crippen LogP contribution is 2.15. The lowest BCUT2D eigenvalue weighted by molar-refractivity contribution is 0.102. The van der Waals surface area contributed by atoms with Crippen LogP contribution in [0.4, 0.5) is 6.01 Å². The van der Waals surface area contributed by atoms with Gasteiger partial charge in [-0.2, -0.15) is 0 Å². The molecule has 0 saturated heterocycles. The van der Waals surface area contributed by atoms with Crippen molar-refractivity contribution < 1.29 is 17.6 Å². The first-order valence-electron chi connectivity index (χ1n) is 7.98. The van der Waals surface area contributed by atoms with Gasteiger partial charge in [-0.25, -0.2) is 8.42 Å². The van der Waals surface area contributed by atoms with E-state index in [1.54, 1.807) is 6.92 Å². The molecule has 0 bridgehead atoms. The largest absolute Gasteiger partial charge is 0.407 e. The zero-order valence-corrected chi connectivity index (χ0v) is 14.9. The number of hydrogen-bond acceptors (Lipinski definition) is 6. The molecule has 1 heterocycles. The second kappa shape index (κ2) is 7.49. The van der Waals surface area contributed by atoms with Gasteiger partial charge in [-0.15, -0.1) is 5.10 Å². The number of nitrogens with zero attached hydrogens (tertiary/aromatic N) is 2. The average molecular weight is 371 g/mol. The molecule has 0 fully saturated rings. The number of amides is 1. The Bertz CT molecular complexity index is 996. The van der Waals surface area contributed by atoms with E-state index in [9.17, 15) is 13.2 Å². The predicted molar refractivity (Wildman–Crippen MR) is 95.7 cm³/mol. The van der Waals surface area contributed by atoms with E-state index in [-0.39, 0.29) is 16.7 Å². The Labute approximate surface area is 151 Å². The van der Waals surface area contributed by atoms with Crippen molar-refractivity contribution in [1.82, 2.24) is 10.2 Å². The maximum absolute atomic E-state index is 12.2. The Morgan fingerprint density at radius 3 is 2.38 bits per heavy atom. The third kappa shape index (κ3) is 4.15. The fourth-order valence-corrected chi connectivity index (χ4v) is 3.18. The van der Waals surface area contributed by atoms with Crippen LogP contribution >= 0.6 is 0 Å². The van der Waals surface area contributed by atoms with Crippen molar-refractivity contribution >= 4 is 21.8 Å². The molecule has 1 N–H and O–H groups in total. The lowest BCUT2D eigenvalue weighted by atomic mass is 10.2. The molecule has 2 aromatic carbocycles. The number of sulfone groups is 1. The maximum atomic E-state index is 12.2. The van der Waals surface area contributed by atoms with Crippen LogP contribution in [0.1, 0.15) is 28.7 Å². The van der Waals surface area contributed by atoms with Gasteiger partial charge < -0.3 is 4.42 Å². The second-order valence-electron chi connectivity index (χ2n) is 5.55. The quantitative estimate of drug-likeness (QED) is 0.715. The van der Waals surface area contributed by atoms with E-state index in [2.05, 4.69) is 15.5 Å². The monoisotopic (exact) mass is 371 g/mol. The van der Waals surface area contributed by atoms with E-state index < -0.39 is 15.7 Å². The zero-order chi connectivity index (χ0) is 18.6. The summed E-state index contributed by atoms with van der Waals surface area (Å²) in [7, 11) is -3.30. The molecule has 0 unspecified atom stereocenters. The first kappa shape index (κ1) is 17.8. The minimum atomic E-state index is -3.30. The first-order chi connectivity index (χ1) is 12.5. The van der Waals surface area contributed by atoms with Gasteiger partial charge in [-0.05, 0) is 29.8 Å². The third-order valence-corrected chi connectivity index (χ3v) is 5.49. The number of aromatic nitrogens is 2. The molecule has 0 spiro atoms. The van der Waals surface area contributed by atoms with Gasteiger partial charge in [0, 0.05) is 5.56 Å². The Hall–Kier alpha value is -3.00. The van der Waals surface area contributed by atoms with Crippen molar-refractivity contribution in [3.63, 3.8) is 0 Å². The van der Waals surface area contributed by atoms with E-state index in [0.29, 0.717) is 17.9 Å². The molecule has 7 nitrogen and oxygen atoms in total. The van der Waals surface area contributed by atoms with Gasteiger partial charge in [0.1, 0.15) is 0 Å². The van der Waals surface area contributed by atoms with Crippen LogP contribution < -0.4 is 5.32 Å². The summed E-state index contributed by atoms with van der Waals surface area (Å²) in [5.41, 5.74) is 1.31. The minimum Gasteiger partial charge on any atom is -0.407 e. The minimum absolute atomic E-state index is 0.00468. The summed E-state index contributed by atoms with van der Waals surface area (Å²) >= 11 is 0. The number of anilines is 1. The lowest BCUT2D eigenvalue weighted by Crippen LogP contribution is -2.12.